The van der Waals surface area contributed by atoms with Gasteiger partial charge in [0.1, 0.15) is 12.6 Å². The summed E-state index contributed by atoms with van der Waals surface area (Å²) in [5, 5.41) is 9.97. The zero-order valence-electron chi connectivity index (χ0n) is 15.6. The number of hydrogen-bond acceptors (Lipinski definition) is 4. The fraction of sp³-hybridized carbons (Fsp3) is 0.368. The molecule has 1 saturated heterocycles. The quantitative estimate of drug-likeness (QED) is 0.757. The minimum Gasteiger partial charge on any atom is -0.327 e. The molecule has 3 amide bonds. The van der Waals surface area contributed by atoms with E-state index in [4.69, 9.17) is 0 Å². The molecular formula is C19H20BrN5O3. The molecule has 1 unspecified atom stereocenters. The normalized spacial score (nSPS) is 18.4. The summed E-state index contributed by atoms with van der Waals surface area (Å²) in [6, 6.07) is 4.54. The van der Waals surface area contributed by atoms with E-state index in [-0.39, 0.29) is 24.3 Å². The lowest BCUT2D eigenvalue weighted by Gasteiger charge is -2.20. The predicted molar refractivity (Wildman–Crippen MR) is 107 cm³/mol. The van der Waals surface area contributed by atoms with Gasteiger partial charge in [0.2, 0.25) is 11.8 Å². The minimum atomic E-state index is -0.414. The van der Waals surface area contributed by atoms with Gasteiger partial charge in [-0.2, -0.15) is 5.10 Å². The lowest BCUT2D eigenvalue weighted by atomic mass is 10.1. The Hall–Kier alpha value is -2.68. The van der Waals surface area contributed by atoms with Crippen molar-refractivity contribution in [3.8, 4) is 0 Å². The van der Waals surface area contributed by atoms with Gasteiger partial charge < -0.3 is 15.5 Å². The number of benzene rings is 1. The van der Waals surface area contributed by atoms with Gasteiger partial charge in [-0.15, -0.1) is 0 Å². The molecule has 1 aromatic heterocycles. The molecule has 1 atom stereocenters. The molecule has 146 valence electrons. The molecule has 0 bridgehead atoms. The van der Waals surface area contributed by atoms with Crippen LogP contribution in [-0.2, 0) is 16.1 Å². The number of hydrogen-bond donors (Lipinski definition) is 2. The van der Waals surface area contributed by atoms with Crippen LogP contribution in [0.4, 0.5) is 11.4 Å². The third-order valence-electron chi connectivity index (χ3n) is 5.19. The first-order valence-corrected chi connectivity index (χ1v) is 9.89. The first-order valence-electron chi connectivity index (χ1n) is 9.10. The zero-order valence-corrected chi connectivity index (χ0v) is 17.2. The van der Waals surface area contributed by atoms with E-state index in [1.54, 1.807) is 27.8 Å². The second-order valence-corrected chi connectivity index (χ2v) is 7.89. The number of anilines is 2. The highest BCUT2D eigenvalue weighted by Gasteiger charge is 2.38. The Labute approximate surface area is 170 Å². The van der Waals surface area contributed by atoms with Gasteiger partial charge in [0.15, 0.2) is 0 Å². The van der Waals surface area contributed by atoms with Crippen molar-refractivity contribution in [3.63, 3.8) is 0 Å². The largest absolute Gasteiger partial charge is 0.327 e. The summed E-state index contributed by atoms with van der Waals surface area (Å²) >= 11 is 3.45. The maximum absolute atomic E-state index is 12.9. The average Bonchev–Trinajstić information content (AvgIpc) is 3.21. The van der Waals surface area contributed by atoms with Crippen molar-refractivity contribution < 1.29 is 14.4 Å². The summed E-state index contributed by atoms with van der Waals surface area (Å²) in [5.41, 5.74) is 3.06. The van der Waals surface area contributed by atoms with Gasteiger partial charge in [-0.3, -0.25) is 19.1 Å². The number of carbonyl (C=O) groups is 3. The maximum Gasteiger partial charge on any atom is 0.256 e. The number of aryl methyl sites for hydroxylation is 1. The van der Waals surface area contributed by atoms with Crippen LogP contribution in [0.15, 0.2) is 22.7 Å². The van der Waals surface area contributed by atoms with Gasteiger partial charge in [0.05, 0.1) is 27.1 Å². The third kappa shape index (κ3) is 3.19. The fourth-order valence-corrected chi connectivity index (χ4v) is 4.01. The molecule has 1 aromatic carbocycles. The SMILES string of the molecule is Cc1nn(CC(=O)Nc2ccc3c(c2)C(=O)N2CCCC2C(=O)N3)c(C)c1Br. The van der Waals surface area contributed by atoms with Crippen molar-refractivity contribution in [2.45, 2.75) is 39.3 Å². The lowest BCUT2D eigenvalue weighted by molar-refractivity contribution is -0.119. The van der Waals surface area contributed by atoms with Gasteiger partial charge in [-0.1, -0.05) is 0 Å². The molecule has 0 saturated carbocycles. The molecule has 0 radical (unpaired) electrons. The van der Waals surface area contributed by atoms with E-state index in [2.05, 4.69) is 31.7 Å². The first kappa shape index (κ1) is 18.7. The summed E-state index contributed by atoms with van der Waals surface area (Å²) in [6.07, 6.45) is 1.49. The zero-order chi connectivity index (χ0) is 20.0. The molecule has 8 nitrogen and oxygen atoms in total. The molecule has 0 spiro atoms. The Morgan fingerprint density at radius 2 is 2.14 bits per heavy atom. The van der Waals surface area contributed by atoms with E-state index in [9.17, 15) is 14.4 Å². The first-order chi connectivity index (χ1) is 13.3. The molecule has 2 N–H and O–H groups in total. The van der Waals surface area contributed by atoms with E-state index in [1.165, 1.54) is 0 Å². The van der Waals surface area contributed by atoms with Crippen molar-refractivity contribution >= 4 is 45.0 Å². The van der Waals surface area contributed by atoms with Gasteiger partial charge in [0.25, 0.3) is 5.91 Å². The van der Waals surface area contributed by atoms with Crippen molar-refractivity contribution in [1.29, 1.82) is 0 Å². The molecule has 9 heteroatoms. The molecule has 4 rings (SSSR count). The second-order valence-electron chi connectivity index (χ2n) is 7.10. The monoisotopic (exact) mass is 445 g/mol. The highest BCUT2D eigenvalue weighted by molar-refractivity contribution is 9.10. The molecular weight excluding hydrogens is 426 g/mol. The Balaban J connectivity index is 1.55. The summed E-state index contributed by atoms with van der Waals surface area (Å²) in [5.74, 6) is -0.590. The molecule has 3 heterocycles. The van der Waals surface area contributed by atoms with Crippen LogP contribution in [0.5, 0.6) is 0 Å². The number of halogens is 1. The molecule has 2 aliphatic heterocycles. The number of fused-ring (bicyclic) bond motifs is 2. The summed E-state index contributed by atoms with van der Waals surface area (Å²) < 4.78 is 2.50. The van der Waals surface area contributed by atoms with Crippen LogP contribution in [0.25, 0.3) is 0 Å². The third-order valence-corrected chi connectivity index (χ3v) is 6.34. The summed E-state index contributed by atoms with van der Waals surface area (Å²) in [6.45, 7) is 4.38. The highest BCUT2D eigenvalue weighted by Crippen LogP contribution is 2.30. The molecule has 2 aliphatic rings. The second kappa shape index (κ2) is 7.05. The van der Waals surface area contributed by atoms with Crippen molar-refractivity contribution in [2.24, 2.45) is 0 Å². The summed E-state index contributed by atoms with van der Waals surface area (Å²) in [7, 11) is 0. The van der Waals surface area contributed by atoms with Crippen LogP contribution in [-0.4, -0.2) is 45.0 Å². The highest BCUT2D eigenvalue weighted by atomic mass is 79.9. The van der Waals surface area contributed by atoms with Crippen molar-refractivity contribution in [1.82, 2.24) is 14.7 Å². The molecule has 28 heavy (non-hydrogen) atoms. The van der Waals surface area contributed by atoms with Gasteiger partial charge in [-0.25, -0.2) is 0 Å². The van der Waals surface area contributed by atoms with Crippen LogP contribution in [0.2, 0.25) is 0 Å². The maximum atomic E-state index is 12.9. The smallest absolute Gasteiger partial charge is 0.256 e. The van der Waals surface area contributed by atoms with E-state index < -0.39 is 6.04 Å². The van der Waals surface area contributed by atoms with E-state index in [0.29, 0.717) is 29.9 Å². The van der Waals surface area contributed by atoms with E-state index in [0.717, 1.165) is 22.3 Å². The number of amides is 3. The Morgan fingerprint density at radius 1 is 1.36 bits per heavy atom. The molecule has 2 aromatic rings. The Kier molecular flexibility index (Phi) is 4.70. The molecule has 0 aliphatic carbocycles. The topological polar surface area (TPSA) is 96.3 Å². The predicted octanol–water partition coefficient (Wildman–Crippen LogP) is 2.46. The van der Waals surface area contributed by atoms with Crippen molar-refractivity contribution in [3.05, 3.63) is 39.6 Å². The van der Waals surface area contributed by atoms with Crippen LogP contribution in [0.1, 0.15) is 34.6 Å². The number of nitrogens with one attached hydrogen (secondary N) is 2. The van der Waals surface area contributed by atoms with Crippen LogP contribution in [0, 0.1) is 13.8 Å². The average molecular weight is 446 g/mol. The number of aromatic nitrogens is 2. The van der Waals surface area contributed by atoms with E-state index in [1.807, 2.05) is 13.8 Å². The van der Waals surface area contributed by atoms with E-state index >= 15 is 0 Å². The molecule has 1 fully saturated rings. The standard InChI is InChI=1S/C19H20BrN5O3/c1-10-17(20)11(2)25(23-10)9-16(26)21-12-5-6-14-13(8-12)19(28)24-7-3-4-15(24)18(27)22-14/h5-6,8,15H,3-4,7,9H2,1-2H3,(H,21,26)(H,22,27). The van der Waals surface area contributed by atoms with Crippen LogP contribution >= 0.6 is 15.9 Å². The number of nitrogens with zero attached hydrogens (tertiary/aromatic N) is 3. The number of carbonyl (C=O) groups excluding carboxylic acids is 3. The Morgan fingerprint density at radius 3 is 2.86 bits per heavy atom. The minimum absolute atomic E-state index is 0.0637. The van der Waals surface area contributed by atoms with Crippen LogP contribution in [0.3, 0.4) is 0 Å². The summed E-state index contributed by atoms with van der Waals surface area (Å²) in [4.78, 5) is 39.3. The van der Waals surface area contributed by atoms with Gasteiger partial charge >= 0.3 is 0 Å². The Bertz CT molecular complexity index is 1000. The van der Waals surface area contributed by atoms with Gasteiger partial charge in [0, 0.05) is 12.2 Å². The van der Waals surface area contributed by atoms with Gasteiger partial charge in [-0.05, 0) is 60.8 Å². The lowest BCUT2D eigenvalue weighted by Crippen LogP contribution is -2.40. The fourth-order valence-electron chi connectivity index (χ4n) is 3.73. The number of rotatable bonds is 3. The van der Waals surface area contributed by atoms with Crippen molar-refractivity contribution in [2.75, 3.05) is 17.2 Å². The van der Waals surface area contributed by atoms with Crippen LogP contribution < -0.4 is 10.6 Å².